The highest BCUT2D eigenvalue weighted by Crippen LogP contribution is 2.21. The molecular weight excluding hydrogens is 379 g/mol. The Bertz CT molecular complexity index is 1200. The SMILES string of the molecule is O=C(N/N=C/c1ccc(OCc2cccc3ccccc23)cc1)c1ccccc1F. The Balaban J connectivity index is 1.35. The van der Waals surface area contributed by atoms with Crippen molar-refractivity contribution in [3.8, 4) is 5.75 Å². The third kappa shape index (κ3) is 4.52. The summed E-state index contributed by atoms with van der Waals surface area (Å²) < 4.78 is 19.5. The van der Waals surface area contributed by atoms with Crippen LogP contribution in [0.4, 0.5) is 4.39 Å². The van der Waals surface area contributed by atoms with Gasteiger partial charge in [-0.05, 0) is 58.3 Å². The Morgan fingerprint density at radius 3 is 2.47 bits per heavy atom. The van der Waals surface area contributed by atoms with Crippen LogP contribution in [0, 0.1) is 5.82 Å². The van der Waals surface area contributed by atoms with E-state index in [0.717, 1.165) is 16.9 Å². The Hall–Kier alpha value is -3.99. The van der Waals surface area contributed by atoms with E-state index < -0.39 is 11.7 Å². The molecule has 0 unspecified atom stereocenters. The molecule has 148 valence electrons. The lowest BCUT2D eigenvalue weighted by atomic mass is 10.1. The Kier molecular flexibility index (Phi) is 5.80. The second kappa shape index (κ2) is 9.01. The topological polar surface area (TPSA) is 50.7 Å². The zero-order chi connectivity index (χ0) is 20.8. The highest BCUT2D eigenvalue weighted by molar-refractivity contribution is 5.95. The maximum Gasteiger partial charge on any atom is 0.274 e. The van der Waals surface area contributed by atoms with Crippen LogP contribution in [0.5, 0.6) is 5.75 Å². The van der Waals surface area contributed by atoms with Crippen LogP contribution in [0.2, 0.25) is 0 Å². The van der Waals surface area contributed by atoms with Gasteiger partial charge in [-0.15, -0.1) is 0 Å². The van der Waals surface area contributed by atoms with Gasteiger partial charge in [0.1, 0.15) is 18.2 Å². The number of ether oxygens (including phenoxy) is 1. The summed E-state index contributed by atoms with van der Waals surface area (Å²) in [4.78, 5) is 11.9. The normalized spacial score (nSPS) is 11.0. The van der Waals surface area contributed by atoms with E-state index in [4.69, 9.17) is 4.74 Å². The summed E-state index contributed by atoms with van der Waals surface area (Å²) in [5.74, 6) is -0.451. The van der Waals surface area contributed by atoms with E-state index in [2.05, 4.69) is 34.8 Å². The van der Waals surface area contributed by atoms with Gasteiger partial charge in [0.2, 0.25) is 0 Å². The van der Waals surface area contributed by atoms with Crippen molar-refractivity contribution in [1.29, 1.82) is 0 Å². The van der Waals surface area contributed by atoms with E-state index in [0.29, 0.717) is 6.61 Å². The molecular formula is C25H19FN2O2. The molecule has 0 aromatic heterocycles. The average Bonchev–Trinajstić information content (AvgIpc) is 2.79. The molecule has 0 radical (unpaired) electrons. The van der Waals surface area contributed by atoms with Crippen LogP contribution in [0.15, 0.2) is 96.1 Å². The molecule has 4 rings (SSSR count). The molecule has 0 aliphatic heterocycles. The number of hydrogen-bond acceptors (Lipinski definition) is 3. The van der Waals surface area contributed by atoms with E-state index in [9.17, 15) is 9.18 Å². The third-order valence-electron chi connectivity index (χ3n) is 4.65. The van der Waals surface area contributed by atoms with Crippen LogP contribution in [0.1, 0.15) is 21.5 Å². The number of nitrogens with one attached hydrogen (secondary N) is 1. The Morgan fingerprint density at radius 2 is 1.63 bits per heavy atom. The van der Waals surface area contributed by atoms with Gasteiger partial charge in [0, 0.05) is 0 Å². The summed E-state index contributed by atoms with van der Waals surface area (Å²) in [5.41, 5.74) is 4.18. The second-order valence-electron chi connectivity index (χ2n) is 6.67. The fraction of sp³-hybridized carbons (Fsp3) is 0.0400. The Morgan fingerprint density at radius 1 is 0.900 bits per heavy atom. The van der Waals surface area contributed by atoms with Gasteiger partial charge in [-0.1, -0.05) is 54.6 Å². The van der Waals surface area contributed by atoms with E-state index >= 15 is 0 Å². The zero-order valence-corrected chi connectivity index (χ0v) is 16.1. The van der Waals surface area contributed by atoms with Crippen LogP contribution in [0.25, 0.3) is 10.8 Å². The molecule has 4 aromatic rings. The summed E-state index contributed by atoms with van der Waals surface area (Å²) in [5, 5.41) is 6.24. The van der Waals surface area contributed by atoms with E-state index in [1.807, 2.05) is 42.5 Å². The second-order valence-corrected chi connectivity index (χ2v) is 6.67. The predicted octanol–water partition coefficient (Wildman–Crippen LogP) is 5.32. The van der Waals surface area contributed by atoms with Gasteiger partial charge in [-0.3, -0.25) is 4.79 Å². The first-order chi connectivity index (χ1) is 14.7. The standard InChI is InChI=1S/C25H19FN2O2/c26-24-11-4-3-10-23(24)25(29)28-27-16-18-12-14-21(15-13-18)30-17-20-8-5-7-19-6-1-2-9-22(19)20/h1-16H,17H2,(H,28,29)/b27-16+. The van der Waals surface area contributed by atoms with Gasteiger partial charge in [0.25, 0.3) is 5.91 Å². The predicted molar refractivity (Wildman–Crippen MR) is 116 cm³/mol. The molecule has 30 heavy (non-hydrogen) atoms. The molecule has 1 amide bonds. The highest BCUT2D eigenvalue weighted by atomic mass is 19.1. The number of nitrogens with zero attached hydrogens (tertiary/aromatic N) is 1. The van der Waals surface area contributed by atoms with Crippen LogP contribution in [0.3, 0.4) is 0 Å². The summed E-state index contributed by atoms with van der Waals surface area (Å²) >= 11 is 0. The molecule has 4 nitrogen and oxygen atoms in total. The van der Waals surface area contributed by atoms with Crippen LogP contribution >= 0.6 is 0 Å². The Labute approximate surface area is 173 Å². The summed E-state index contributed by atoms with van der Waals surface area (Å²) in [6, 6.07) is 27.5. The van der Waals surface area contributed by atoms with Crippen molar-refractivity contribution in [1.82, 2.24) is 5.43 Å². The van der Waals surface area contributed by atoms with Gasteiger partial charge in [-0.2, -0.15) is 5.10 Å². The molecule has 0 fully saturated rings. The highest BCUT2D eigenvalue weighted by Gasteiger charge is 2.09. The van der Waals surface area contributed by atoms with Gasteiger partial charge in [-0.25, -0.2) is 9.82 Å². The number of amides is 1. The number of fused-ring (bicyclic) bond motifs is 1. The number of carbonyl (C=O) groups is 1. The smallest absolute Gasteiger partial charge is 0.274 e. The number of hydrazone groups is 1. The van der Waals surface area contributed by atoms with Crippen molar-refractivity contribution >= 4 is 22.9 Å². The first-order valence-corrected chi connectivity index (χ1v) is 9.48. The van der Waals surface area contributed by atoms with Crippen molar-refractivity contribution in [3.05, 3.63) is 114 Å². The fourth-order valence-corrected chi connectivity index (χ4v) is 3.10. The van der Waals surface area contributed by atoms with Gasteiger partial charge < -0.3 is 4.74 Å². The first kappa shape index (κ1) is 19.3. The van der Waals surface area contributed by atoms with E-state index in [1.54, 1.807) is 6.07 Å². The maximum absolute atomic E-state index is 13.6. The van der Waals surface area contributed by atoms with Crippen molar-refractivity contribution in [2.24, 2.45) is 5.10 Å². The van der Waals surface area contributed by atoms with Crippen molar-refractivity contribution < 1.29 is 13.9 Å². The lowest BCUT2D eigenvalue weighted by Crippen LogP contribution is -2.18. The van der Waals surface area contributed by atoms with Crippen molar-refractivity contribution in [2.45, 2.75) is 6.61 Å². The molecule has 4 aromatic carbocycles. The molecule has 1 N–H and O–H groups in total. The summed E-state index contributed by atoms with van der Waals surface area (Å²) in [7, 11) is 0. The minimum absolute atomic E-state index is 0.0492. The third-order valence-corrected chi connectivity index (χ3v) is 4.65. The van der Waals surface area contributed by atoms with Gasteiger partial charge in [0.15, 0.2) is 0 Å². The number of benzene rings is 4. The van der Waals surface area contributed by atoms with Crippen molar-refractivity contribution in [2.75, 3.05) is 0 Å². The van der Waals surface area contributed by atoms with E-state index in [1.165, 1.54) is 35.2 Å². The van der Waals surface area contributed by atoms with Gasteiger partial charge >= 0.3 is 0 Å². The molecule has 0 aliphatic rings. The van der Waals surface area contributed by atoms with Crippen LogP contribution < -0.4 is 10.2 Å². The maximum atomic E-state index is 13.6. The molecule has 0 aliphatic carbocycles. The molecule has 0 heterocycles. The lowest BCUT2D eigenvalue weighted by Gasteiger charge is -2.09. The van der Waals surface area contributed by atoms with Gasteiger partial charge in [0.05, 0.1) is 11.8 Å². The zero-order valence-electron chi connectivity index (χ0n) is 16.1. The fourth-order valence-electron chi connectivity index (χ4n) is 3.10. The number of carbonyl (C=O) groups excluding carboxylic acids is 1. The molecule has 0 saturated carbocycles. The molecule has 0 atom stereocenters. The quantitative estimate of drug-likeness (QED) is 0.353. The first-order valence-electron chi connectivity index (χ1n) is 9.48. The monoisotopic (exact) mass is 398 g/mol. The molecule has 0 bridgehead atoms. The van der Waals surface area contributed by atoms with Crippen molar-refractivity contribution in [3.63, 3.8) is 0 Å². The van der Waals surface area contributed by atoms with Crippen LogP contribution in [-0.4, -0.2) is 12.1 Å². The minimum Gasteiger partial charge on any atom is -0.489 e. The minimum atomic E-state index is -0.598. The summed E-state index contributed by atoms with van der Waals surface area (Å²) in [6.07, 6.45) is 1.49. The van der Waals surface area contributed by atoms with Crippen LogP contribution in [-0.2, 0) is 6.61 Å². The molecule has 0 saturated heterocycles. The number of hydrogen-bond donors (Lipinski definition) is 1. The summed E-state index contributed by atoms with van der Waals surface area (Å²) in [6.45, 7) is 0.466. The lowest BCUT2D eigenvalue weighted by molar-refractivity contribution is 0.0951. The number of halogens is 1. The average molecular weight is 398 g/mol. The number of rotatable bonds is 6. The molecule has 5 heteroatoms. The van der Waals surface area contributed by atoms with E-state index in [-0.39, 0.29) is 5.56 Å². The molecule has 0 spiro atoms. The largest absolute Gasteiger partial charge is 0.489 e.